The summed E-state index contributed by atoms with van der Waals surface area (Å²) in [4.78, 5) is 2.77. The summed E-state index contributed by atoms with van der Waals surface area (Å²) >= 11 is 1.86. The van der Waals surface area contributed by atoms with Gasteiger partial charge in [0.2, 0.25) is 0 Å². The molecule has 64 valence electrons. The van der Waals surface area contributed by atoms with Gasteiger partial charge in [-0.25, -0.2) is 0 Å². The Balaban J connectivity index is 1.58. The lowest BCUT2D eigenvalue weighted by Crippen LogP contribution is -1.85. The van der Waals surface area contributed by atoms with Crippen molar-refractivity contribution in [2.45, 2.75) is 4.90 Å². The fourth-order valence-electron chi connectivity index (χ4n) is 2.47. The summed E-state index contributed by atoms with van der Waals surface area (Å²) in [5.41, 5.74) is 0. The van der Waals surface area contributed by atoms with Crippen molar-refractivity contribution in [2.24, 2.45) is 23.6 Å². The van der Waals surface area contributed by atoms with Gasteiger partial charge in [0.15, 0.2) is 0 Å². The molecular formula is C12H10S. The monoisotopic (exact) mass is 187 g/mol. The van der Waals surface area contributed by atoms with Crippen LogP contribution >= 0.6 is 11.8 Å². The maximum absolute atomic E-state index is 8.03. The molecule has 1 aromatic carbocycles. The highest BCUT2D eigenvalue weighted by atomic mass is 32.2. The van der Waals surface area contributed by atoms with Gasteiger partial charge in [0.25, 0.3) is 0 Å². The molecule has 0 amide bonds. The minimum atomic E-state index is -0.0168. The molecule has 1 aromatic rings. The van der Waals surface area contributed by atoms with E-state index in [-0.39, 0.29) is 5.89 Å². The number of hydrogen-bond acceptors (Lipinski definition) is 1. The average Bonchev–Trinajstić information content (AvgIpc) is 2.86. The Morgan fingerprint density at radius 3 is 2.62 bits per heavy atom. The molecule has 2 bridgehead atoms. The number of benzene rings is 1. The Labute approximate surface area is 83.4 Å². The molecule has 0 radical (unpaired) electrons. The lowest BCUT2D eigenvalue weighted by molar-refractivity contribution is 0.687. The third-order valence-electron chi connectivity index (χ3n) is 3.29. The van der Waals surface area contributed by atoms with Crippen LogP contribution in [0.2, 0.25) is 0 Å². The molecule has 4 aliphatic carbocycles. The molecule has 0 aromatic heterocycles. The van der Waals surface area contributed by atoms with E-state index < -0.39 is 0 Å². The maximum Gasteiger partial charge on any atom is 0.0319 e. The Hall–Kier alpha value is -0.690. The highest BCUT2D eigenvalue weighted by Crippen LogP contribution is 2.82. The minimum Gasteiger partial charge on any atom is -0.0946 e. The van der Waals surface area contributed by atoms with Gasteiger partial charge in [0.1, 0.15) is 0 Å². The number of allylic oxidation sites excluding steroid dienone is 2. The Kier molecular flexibility index (Phi) is 0.926. The first-order valence-electron chi connectivity index (χ1n) is 5.26. The van der Waals surface area contributed by atoms with Crippen LogP contribution in [0.3, 0.4) is 0 Å². The predicted octanol–water partition coefficient (Wildman–Crippen LogP) is 3.17. The van der Waals surface area contributed by atoms with Crippen LogP contribution < -0.4 is 0 Å². The van der Waals surface area contributed by atoms with Crippen LogP contribution in [0.15, 0.2) is 46.2 Å². The SMILES string of the molecule is [2H]C12C3C=C(Sc4ccccc4)C1C32. The standard InChI is InChI=1S/C12H10S/c1-2-4-7(5-3-1)13-9-6-8-10-11(8)12(9)10/h1-6,8,10-12H/i10D. The van der Waals surface area contributed by atoms with Gasteiger partial charge >= 0.3 is 0 Å². The largest absolute Gasteiger partial charge is 0.0946 e. The molecule has 0 heterocycles. The molecule has 2 saturated carbocycles. The second-order valence-corrected chi connectivity index (χ2v) is 5.16. The van der Waals surface area contributed by atoms with E-state index in [0.717, 1.165) is 0 Å². The van der Waals surface area contributed by atoms with E-state index in [9.17, 15) is 0 Å². The molecule has 5 rings (SSSR count). The van der Waals surface area contributed by atoms with Gasteiger partial charge in [0.05, 0.1) is 0 Å². The van der Waals surface area contributed by atoms with Crippen molar-refractivity contribution in [1.82, 2.24) is 0 Å². The van der Waals surface area contributed by atoms with E-state index in [0.29, 0.717) is 17.8 Å². The summed E-state index contributed by atoms with van der Waals surface area (Å²) in [6, 6.07) is 10.5. The summed E-state index contributed by atoms with van der Waals surface area (Å²) < 4.78 is 8.03. The van der Waals surface area contributed by atoms with Crippen molar-refractivity contribution >= 4 is 11.8 Å². The van der Waals surface area contributed by atoms with E-state index in [2.05, 4.69) is 30.3 Å². The summed E-state index contributed by atoms with van der Waals surface area (Å²) in [5.74, 6) is 1.93. The van der Waals surface area contributed by atoms with E-state index in [1.165, 1.54) is 9.80 Å². The quantitative estimate of drug-likeness (QED) is 0.685. The number of hydrogen-bond donors (Lipinski definition) is 0. The third-order valence-corrected chi connectivity index (χ3v) is 4.42. The zero-order chi connectivity index (χ0) is 9.34. The molecule has 2 fully saturated rings. The summed E-state index contributed by atoms with van der Waals surface area (Å²) in [7, 11) is 0. The van der Waals surface area contributed by atoms with Gasteiger partial charge in [-0.05, 0) is 40.7 Å². The Bertz CT molecular complexity index is 439. The molecular weight excluding hydrogens is 176 g/mol. The average molecular weight is 187 g/mol. The number of thioether (sulfide) groups is 1. The Morgan fingerprint density at radius 1 is 1.23 bits per heavy atom. The van der Waals surface area contributed by atoms with Crippen molar-refractivity contribution in [3.8, 4) is 0 Å². The van der Waals surface area contributed by atoms with Crippen molar-refractivity contribution in [3.63, 3.8) is 0 Å². The normalized spacial score (nSPS) is 49.4. The number of rotatable bonds is 2. The molecule has 1 heteroatoms. The van der Waals surface area contributed by atoms with E-state index in [1.807, 2.05) is 17.8 Å². The lowest BCUT2D eigenvalue weighted by Gasteiger charge is -2.02. The van der Waals surface area contributed by atoms with Crippen LogP contribution in [-0.2, 0) is 0 Å². The maximum atomic E-state index is 8.03. The van der Waals surface area contributed by atoms with Crippen molar-refractivity contribution in [3.05, 3.63) is 41.3 Å². The first-order valence-corrected chi connectivity index (χ1v) is 5.58. The topological polar surface area (TPSA) is 0 Å². The highest BCUT2D eigenvalue weighted by Gasteiger charge is 2.77. The van der Waals surface area contributed by atoms with E-state index >= 15 is 0 Å². The summed E-state index contributed by atoms with van der Waals surface area (Å²) in [6.07, 6.45) is 2.33. The zero-order valence-electron chi connectivity index (χ0n) is 8.10. The van der Waals surface area contributed by atoms with Crippen LogP contribution in [-0.4, -0.2) is 0 Å². The highest BCUT2D eigenvalue weighted by molar-refractivity contribution is 8.03. The van der Waals surface area contributed by atoms with Crippen molar-refractivity contribution in [1.29, 1.82) is 0 Å². The molecule has 0 nitrogen and oxygen atoms in total. The zero-order valence-corrected chi connectivity index (χ0v) is 7.92. The van der Waals surface area contributed by atoms with Gasteiger partial charge in [-0.3, -0.25) is 0 Å². The smallest absolute Gasteiger partial charge is 0.0319 e. The van der Waals surface area contributed by atoms with E-state index in [4.69, 9.17) is 1.37 Å². The van der Waals surface area contributed by atoms with Crippen LogP contribution in [0.25, 0.3) is 0 Å². The molecule has 0 N–H and O–H groups in total. The Morgan fingerprint density at radius 2 is 2.00 bits per heavy atom. The fourth-order valence-corrected chi connectivity index (χ4v) is 3.66. The van der Waals surface area contributed by atoms with Crippen LogP contribution in [0.1, 0.15) is 1.37 Å². The molecule has 0 aliphatic heterocycles. The lowest BCUT2D eigenvalue weighted by atomic mass is 10.2. The molecule has 4 atom stereocenters. The summed E-state index contributed by atoms with van der Waals surface area (Å²) in [6.45, 7) is 0. The van der Waals surface area contributed by atoms with Crippen molar-refractivity contribution in [2.75, 3.05) is 0 Å². The third kappa shape index (κ3) is 0.786. The van der Waals surface area contributed by atoms with Gasteiger partial charge in [-0.2, -0.15) is 0 Å². The van der Waals surface area contributed by atoms with Crippen LogP contribution in [0.5, 0.6) is 0 Å². The van der Waals surface area contributed by atoms with Crippen LogP contribution in [0.4, 0.5) is 0 Å². The first-order chi connectivity index (χ1) is 6.82. The first kappa shape index (κ1) is 5.92. The van der Waals surface area contributed by atoms with Gasteiger partial charge in [0, 0.05) is 6.27 Å². The summed E-state index contributed by atoms with van der Waals surface area (Å²) in [5, 5.41) is 0. The van der Waals surface area contributed by atoms with Gasteiger partial charge in [-0.15, -0.1) is 0 Å². The van der Waals surface area contributed by atoms with Gasteiger partial charge in [-0.1, -0.05) is 36.0 Å². The minimum absolute atomic E-state index is 0.0168. The van der Waals surface area contributed by atoms with Crippen LogP contribution in [0, 0.1) is 23.6 Å². The molecule has 0 spiro atoms. The second-order valence-electron chi connectivity index (χ2n) is 4.01. The predicted molar refractivity (Wildman–Crippen MR) is 54.3 cm³/mol. The molecule has 4 unspecified atom stereocenters. The molecule has 13 heavy (non-hydrogen) atoms. The van der Waals surface area contributed by atoms with Gasteiger partial charge < -0.3 is 0 Å². The van der Waals surface area contributed by atoms with E-state index in [1.54, 1.807) is 0 Å². The molecule has 0 saturated heterocycles. The van der Waals surface area contributed by atoms with Crippen molar-refractivity contribution < 1.29 is 1.37 Å². The second kappa shape index (κ2) is 2.03. The fraction of sp³-hybridized carbons (Fsp3) is 0.333. The molecule has 4 aliphatic rings.